The van der Waals surface area contributed by atoms with Crippen molar-refractivity contribution in [3.63, 3.8) is 0 Å². The van der Waals surface area contributed by atoms with Crippen molar-refractivity contribution in [2.45, 2.75) is 25.8 Å². The van der Waals surface area contributed by atoms with E-state index in [-0.39, 0.29) is 10.9 Å². The highest BCUT2D eigenvalue weighted by atomic mass is 35.5. The molecule has 22 heavy (non-hydrogen) atoms. The predicted molar refractivity (Wildman–Crippen MR) is 85.2 cm³/mol. The Morgan fingerprint density at radius 3 is 2.55 bits per heavy atom. The lowest BCUT2D eigenvalue weighted by atomic mass is 10.0. The van der Waals surface area contributed by atoms with Crippen LogP contribution < -0.4 is 4.90 Å². The number of nitrogens with zero attached hydrogens (tertiary/aromatic N) is 3. The molecule has 1 aliphatic rings. The second-order valence-corrected chi connectivity index (χ2v) is 6.24. The summed E-state index contributed by atoms with van der Waals surface area (Å²) in [6.45, 7) is 3.81. The molecule has 2 rings (SSSR count). The number of imide groups is 1. The first-order valence-corrected chi connectivity index (χ1v) is 7.67. The Kier molecular flexibility index (Phi) is 4.64. The fourth-order valence-corrected chi connectivity index (χ4v) is 2.73. The summed E-state index contributed by atoms with van der Waals surface area (Å²) in [4.78, 5) is 27.8. The number of hydrogen-bond donors (Lipinski definition) is 0. The Morgan fingerprint density at radius 2 is 2.00 bits per heavy atom. The maximum absolute atomic E-state index is 12.6. The second-order valence-electron chi connectivity index (χ2n) is 5.45. The van der Waals surface area contributed by atoms with Crippen LogP contribution in [0.3, 0.4) is 0 Å². The van der Waals surface area contributed by atoms with E-state index < -0.39 is 11.6 Å². The number of halogens is 2. The van der Waals surface area contributed by atoms with Gasteiger partial charge in [0.15, 0.2) is 0 Å². The van der Waals surface area contributed by atoms with Gasteiger partial charge in [-0.15, -0.1) is 11.6 Å². The number of carbonyl (C=O) groups is 2. The third kappa shape index (κ3) is 2.65. The summed E-state index contributed by atoms with van der Waals surface area (Å²) in [6, 6.07) is 6.03. The van der Waals surface area contributed by atoms with Crippen LogP contribution in [0.15, 0.2) is 18.2 Å². The van der Waals surface area contributed by atoms with Crippen molar-refractivity contribution in [1.29, 1.82) is 5.26 Å². The maximum atomic E-state index is 12.6. The lowest BCUT2D eigenvalue weighted by Gasteiger charge is -2.27. The molecule has 0 N–H and O–H groups in total. The number of amides is 3. The molecule has 116 valence electrons. The number of hydrogen-bond acceptors (Lipinski definition) is 3. The molecule has 1 aromatic rings. The van der Waals surface area contributed by atoms with E-state index in [4.69, 9.17) is 28.5 Å². The standard InChI is InChI=1S/C15H15Cl2N3O2/c1-15(2)13(21)20(14(22)19(15)7-3-6-16)11-5-4-10(9-18)12(17)8-11/h4-5,8H,3,6-7H2,1-2H3. The molecule has 0 unspecified atom stereocenters. The molecular formula is C15H15Cl2N3O2. The van der Waals surface area contributed by atoms with Gasteiger partial charge < -0.3 is 4.90 Å². The van der Waals surface area contributed by atoms with Crippen molar-refractivity contribution >= 4 is 40.8 Å². The Morgan fingerprint density at radius 1 is 1.32 bits per heavy atom. The predicted octanol–water partition coefficient (Wildman–Crippen LogP) is 3.39. The van der Waals surface area contributed by atoms with Crippen LogP contribution in [0, 0.1) is 11.3 Å². The van der Waals surface area contributed by atoms with Gasteiger partial charge >= 0.3 is 6.03 Å². The summed E-state index contributed by atoms with van der Waals surface area (Å²) < 4.78 is 0. The number of urea groups is 1. The molecule has 1 aromatic carbocycles. The largest absolute Gasteiger partial charge is 0.332 e. The highest BCUT2D eigenvalue weighted by Crippen LogP contribution is 2.33. The molecular weight excluding hydrogens is 325 g/mol. The van der Waals surface area contributed by atoms with Crippen LogP contribution in [0.2, 0.25) is 5.02 Å². The summed E-state index contributed by atoms with van der Waals surface area (Å²) in [5.74, 6) is 0.0874. The highest BCUT2D eigenvalue weighted by Gasteiger charge is 2.51. The third-order valence-corrected chi connectivity index (χ3v) is 4.25. The molecule has 7 heteroatoms. The molecule has 1 aliphatic heterocycles. The van der Waals surface area contributed by atoms with Crippen molar-refractivity contribution in [3.05, 3.63) is 28.8 Å². The van der Waals surface area contributed by atoms with E-state index in [2.05, 4.69) is 0 Å². The van der Waals surface area contributed by atoms with Crippen LogP contribution in [0.25, 0.3) is 0 Å². The van der Waals surface area contributed by atoms with Crippen LogP contribution in [-0.2, 0) is 4.79 Å². The minimum absolute atomic E-state index is 0.206. The zero-order chi connectivity index (χ0) is 16.5. The molecule has 0 bridgehead atoms. The minimum Gasteiger partial charge on any atom is -0.310 e. The lowest BCUT2D eigenvalue weighted by molar-refractivity contribution is -0.123. The fraction of sp³-hybridized carbons (Fsp3) is 0.400. The van der Waals surface area contributed by atoms with Gasteiger partial charge in [0.2, 0.25) is 0 Å². The summed E-state index contributed by atoms with van der Waals surface area (Å²) in [6.07, 6.45) is 0.603. The van der Waals surface area contributed by atoms with Gasteiger partial charge in [0.25, 0.3) is 5.91 Å². The van der Waals surface area contributed by atoms with E-state index in [1.807, 2.05) is 6.07 Å². The van der Waals surface area contributed by atoms with E-state index >= 15 is 0 Å². The first-order valence-electron chi connectivity index (χ1n) is 6.76. The van der Waals surface area contributed by atoms with Gasteiger partial charge in [0.05, 0.1) is 16.3 Å². The topological polar surface area (TPSA) is 64.4 Å². The Bertz CT molecular complexity index is 667. The van der Waals surface area contributed by atoms with Crippen molar-refractivity contribution in [2.24, 2.45) is 0 Å². The number of rotatable bonds is 4. The number of nitriles is 1. The molecule has 0 saturated carbocycles. The Labute approximate surface area is 139 Å². The molecule has 1 fully saturated rings. The number of alkyl halides is 1. The Balaban J connectivity index is 2.40. The molecule has 0 aromatic heterocycles. The molecule has 3 amide bonds. The van der Waals surface area contributed by atoms with Crippen molar-refractivity contribution in [2.75, 3.05) is 17.3 Å². The summed E-state index contributed by atoms with van der Waals surface area (Å²) >= 11 is 11.7. The molecule has 0 spiro atoms. The molecule has 1 heterocycles. The normalized spacial score (nSPS) is 17.0. The van der Waals surface area contributed by atoms with Crippen molar-refractivity contribution in [1.82, 2.24) is 4.90 Å². The van der Waals surface area contributed by atoms with Crippen molar-refractivity contribution < 1.29 is 9.59 Å². The van der Waals surface area contributed by atoms with E-state index in [0.717, 1.165) is 4.90 Å². The lowest BCUT2D eigenvalue weighted by Crippen LogP contribution is -2.44. The monoisotopic (exact) mass is 339 g/mol. The summed E-state index contributed by atoms with van der Waals surface area (Å²) in [5.41, 5.74) is -0.285. The quantitative estimate of drug-likeness (QED) is 0.623. The minimum atomic E-state index is -0.941. The molecule has 5 nitrogen and oxygen atoms in total. The average molecular weight is 340 g/mol. The number of carbonyl (C=O) groups excluding carboxylic acids is 2. The number of benzene rings is 1. The van der Waals surface area contributed by atoms with Gasteiger partial charge in [-0.25, -0.2) is 9.69 Å². The maximum Gasteiger partial charge on any atom is 0.332 e. The summed E-state index contributed by atoms with van der Waals surface area (Å²) in [7, 11) is 0. The smallest absolute Gasteiger partial charge is 0.310 e. The van der Waals surface area contributed by atoms with E-state index in [9.17, 15) is 9.59 Å². The van der Waals surface area contributed by atoms with Crippen molar-refractivity contribution in [3.8, 4) is 6.07 Å². The van der Waals surface area contributed by atoms with Gasteiger partial charge in [-0.05, 0) is 38.5 Å². The number of anilines is 1. The van der Waals surface area contributed by atoms with Crippen LogP contribution in [0.5, 0.6) is 0 Å². The molecule has 0 aliphatic carbocycles. The first-order chi connectivity index (χ1) is 10.3. The third-order valence-electron chi connectivity index (χ3n) is 3.67. The fourth-order valence-electron chi connectivity index (χ4n) is 2.39. The first kappa shape index (κ1) is 16.6. The molecule has 1 saturated heterocycles. The average Bonchev–Trinajstić information content (AvgIpc) is 2.63. The van der Waals surface area contributed by atoms with Gasteiger partial charge in [0, 0.05) is 12.4 Å². The Hall–Kier alpha value is -1.77. The van der Waals surface area contributed by atoms with Crippen LogP contribution in [-0.4, -0.2) is 34.8 Å². The van der Waals surface area contributed by atoms with E-state index in [1.54, 1.807) is 19.9 Å². The SMILES string of the molecule is CC1(C)C(=O)N(c2ccc(C#N)c(Cl)c2)C(=O)N1CCCCl. The van der Waals surface area contributed by atoms with Gasteiger partial charge in [-0.2, -0.15) is 5.26 Å². The van der Waals surface area contributed by atoms with Gasteiger partial charge in [-0.3, -0.25) is 4.79 Å². The van der Waals surface area contributed by atoms with Gasteiger partial charge in [-0.1, -0.05) is 11.6 Å². The van der Waals surface area contributed by atoms with E-state index in [1.165, 1.54) is 17.0 Å². The summed E-state index contributed by atoms with van der Waals surface area (Å²) in [5, 5.41) is 9.10. The molecule has 0 radical (unpaired) electrons. The highest BCUT2D eigenvalue weighted by molar-refractivity contribution is 6.32. The van der Waals surface area contributed by atoms with Crippen LogP contribution >= 0.6 is 23.2 Å². The molecule has 0 atom stereocenters. The second kappa shape index (κ2) is 6.15. The van der Waals surface area contributed by atoms with Crippen LogP contribution in [0.1, 0.15) is 25.8 Å². The van der Waals surface area contributed by atoms with Crippen LogP contribution in [0.4, 0.5) is 10.5 Å². The zero-order valence-corrected chi connectivity index (χ0v) is 13.8. The van der Waals surface area contributed by atoms with Gasteiger partial charge in [0.1, 0.15) is 11.6 Å². The van der Waals surface area contributed by atoms with E-state index in [0.29, 0.717) is 30.1 Å². The zero-order valence-electron chi connectivity index (χ0n) is 12.3.